The molecule has 1 aliphatic rings. The molecular formula is C25H25NO4S. The monoisotopic (exact) mass is 435 g/mol. The SMILES string of the molecule is Cc1ccc(S(=O)(=O)c2ccc3c(c2)CCC[C@@H]3CCc2cnccc2C(=O)O)cc1. The van der Waals surface area contributed by atoms with Gasteiger partial charge in [0.25, 0.3) is 0 Å². The van der Waals surface area contributed by atoms with Gasteiger partial charge in [0, 0.05) is 12.4 Å². The van der Waals surface area contributed by atoms with Gasteiger partial charge in [-0.1, -0.05) is 23.8 Å². The molecule has 0 spiro atoms. The molecule has 1 aliphatic carbocycles. The standard InChI is InChI=1S/C25H25NO4S/c1-17-5-9-21(10-6-17)31(29,30)22-11-12-23-18(3-2-4-19(23)15-22)7-8-20-16-26-14-13-24(20)25(27)28/h5-6,9-16,18H,2-4,7-8H2,1H3,(H,27,28)/t18-/m1/s1. The van der Waals surface area contributed by atoms with Crippen LogP contribution < -0.4 is 0 Å². The average molecular weight is 436 g/mol. The Kier molecular flexibility index (Phi) is 5.92. The van der Waals surface area contributed by atoms with E-state index in [0.717, 1.165) is 42.4 Å². The molecule has 6 heteroatoms. The maximum atomic E-state index is 13.1. The van der Waals surface area contributed by atoms with Gasteiger partial charge in [0.1, 0.15) is 0 Å². The Balaban J connectivity index is 1.58. The number of pyridine rings is 1. The molecule has 0 saturated carbocycles. The normalized spacial score (nSPS) is 16.0. The number of carbonyl (C=O) groups is 1. The van der Waals surface area contributed by atoms with Crippen molar-refractivity contribution in [1.29, 1.82) is 0 Å². The summed E-state index contributed by atoms with van der Waals surface area (Å²) in [6, 6.07) is 13.9. The largest absolute Gasteiger partial charge is 0.478 e. The average Bonchev–Trinajstić information content (AvgIpc) is 2.77. The van der Waals surface area contributed by atoms with E-state index in [-0.39, 0.29) is 5.92 Å². The van der Waals surface area contributed by atoms with Crippen molar-refractivity contribution in [2.75, 3.05) is 0 Å². The second kappa shape index (κ2) is 8.63. The van der Waals surface area contributed by atoms with Crippen molar-refractivity contribution in [3.63, 3.8) is 0 Å². The van der Waals surface area contributed by atoms with Gasteiger partial charge >= 0.3 is 5.97 Å². The highest BCUT2D eigenvalue weighted by atomic mass is 32.2. The molecule has 0 bridgehead atoms. The Morgan fingerprint density at radius 2 is 1.84 bits per heavy atom. The second-order valence-corrected chi connectivity index (χ2v) is 10.1. The minimum Gasteiger partial charge on any atom is -0.478 e. The van der Waals surface area contributed by atoms with Crippen molar-refractivity contribution in [2.45, 2.75) is 54.7 Å². The van der Waals surface area contributed by atoms with E-state index in [1.807, 2.05) is 31.2 Å². The molecule has 1 atom stereocenters. The first-order chi connectivity index (χ1) is 14.9. The van der Waals surface area contributed by atoms with Crippen LogP contribution in [-0.2, 0) is 22.7 Å². The maximum Gasteiger partial charge on any atom is 0.336 e. The fourth-order valence-electron chi connectivity index (χ4n) is 4.38. The number of rotatable bonds is 6. The molecule has 0 amide bonds. The van der Waals surface area contributed by atoms with Crippen LogP contribution in [0.1, 0.15) is 57.8 Å². The summed E-state index contributed by atoms with van der Waals surface area (Å²) >= 11 is 0. The van der Waals surface area contributed by atoms with Gasteiger partial charge in [-0.15, -0.1) is 0 Å². The summed E-state index contributed by atoms with van der Waals surface area (Å²) in [7, 11) is -3.55. The lowest BCUT2D eigenvalue weighted by molar-refractivity contribution is 0.0695. The summed E-state index contributed by atoms with van der Waals surface area (Å²) < 4.78 is 26.1. The zero-order chi connectivity index (χ0) is 22.0. The highest BCUT2D eigenvalue weighted by Gasteiger charge is 2.24. The van der Waals surface area contributed by atoms with Crippen LogP contribution in [0, 0.1) is 6.92 Å². The Morgan fingerprint density at radius 1 is 1.10 bits per heavy atom. The molecule has 1 aromatic heterocycles. The van der Waals surface area contributed by atoms with Crippen LogP contribution >= 0.6 is 0 Å². The molecular weight excluding hydrogens is 410 g/mol. The number of hydrogen-bond acceptors (Lipinski definition) is 4. The predicted molar refractivity (Wildman–Crippen MR) is 118 cm³/mol. The molecule has 0 aliphatic heterocycles. The first kappa shape index (κ1) is 21.2. The van der Waals surface area contributed by atoms with Gasteiger partial charge in [0.15, 0.2) is 0 Å². The van der Waals surface area contributed by atoms with E-state index >= 15 is 0 Å². The van der Waals surface area contributed by atoms with E-state index in [4.69, 9.17) is 0 Å². The highest BCUT2D eigenvalue weighted by Crippen LogP contribution is 2.37. The van der Waals surface area contributed by atoms with Gasteiger partial charge in [-0.05, 0) is 92.0 Å². The third-order valence-electron chi connectivity index (χ3n) is 6.09. The summed E-state index contributed by atoms with van der Waals surface area (Å²) in [5.74, 6) is -0.658. The molecule has 4 rings (SSSR count). The first-order valence-corrected chi connectivity index (χ1v) is 12.0. The van der Waals surface area contributed by atoms with E-state index < -0.39 is 15.8 Å². The molecule has 1 N–H and O–H groups in total. The number of fused-ring (bicyclic) bond motifs is 1. The van der Waals surface area contributed by atoms with E-state index in [9.17, 15) is 18.3 Å². The topological polar surface area (TPSA) is 84.3 Å². The number of aromatic nitrogens is 1. The van der Waals surface area contributed by atoms with Crippen LogP contribution in [0.15, 0.2) is 70.7 Å². The van der Waals surface area contributed by atoms with E-state index in [2.05, 4.69) is 4.98 Å². The predicted octanol–water partition coefficient (Wildman–Crippen LogP) is 4.97. The van der Waals surface area contributed by atoms with Gasteiger partial charge < -0.3 is 5.11 Å². The van der Waals surface area contributed by atoms with Crippen molar-refractivity contribution in [3.8, 4) is 0 Å². The summed E-state index contributed by atoms with van der Waals surface area (Å²) in [5, 5.41) is 9.39. The van der Waals surface area contributed by atoms with Crippen molar-refractivity contribution in [1.82, 2.24) is 4.98 Å². The Bertz CT molecular complexity index is 1220. The van der Waals surface area contributed by atoms with E-state index in [1.54, 1.807) is 24.4 Å². The van der Waals surface area contributed by atoms with Crippen molar-refractivity contribution in [3.05, 3.63) is 88.7 Å². The first-order valence-electron chi connectivity index (χ1n) is 10.5. The lowest BCUT2D eigenvalue weighted by Crippen LogP contribution is -2.13. The van der Waals surface area contributed by atoms with Crippen molar-refractivity contribution in [2.24, 2.45) is 0 Å². The maximum absolute atomic E-state index is 13.1. The van der Waals surface area contributed by atoms with Crippen LogP contribution in [0.3, 0.4) is 0 Å². The number of carboxylic acid groups (broad SMARTS) is 1. The summed E-state index contributed by atoms with van der Waals surface area (Å²) in [4.78, 5) is 16.2. The van der Waals surface area contributed by atoms with Crippen molar-refractivity contribution < 1.29 is 18.3 Å². The van der Waals surface area contributed by atoms with Gasteiger partial charge in [-0.3, -0.25) is 4.98 Å². The Labute approximate surface area is 182 Å². The molecule has 2 aromatic carbocycles. The number of benzene rings is 2. The summed E-state index contributed by atoms with van der Waals surface area (Å²) in [6.07, 6.45) is 7.43. The summed E-state index contributed by atoms with van der Waals surface area (Å²) in [5.41, 5.74) is 4.31. The minimum atomic E-state index is -3.55. The van der Waals surface area contributed by atoms with E-state index in [1.165, 1.54) is 17.8 Å². The van der Waals surface area contributed by atoms with Crippen LogP contribution in [0.2, 0.25) is 0 Å². The third kappa shape index (κ3) is 4.39. The number of sulfone groups is 1. The zero-order valence-electron chi connectivity index (χ0n) is 17.4. The van der Waals surface area contributed by atoms with Gasteiger partial charge in [0.2, 0.25) is 9.84 Å². The number of aromatic carboxylic acids is 1. The molecule has 31 heavy (non-hydrogen) atoms. The van der Waals surface area contributed by atoms with Gasteiger partial charge in [0.05, 0.1) is 15.4 Å². The summed E-state index contributed by atoms with van der Waals surface area (Å²) in [6.45, 7) is 1.93. The fraction of sp³-hybridized carbons (Fsp3) is 0.280. The molecule has 0 saturated heterocycles. The van der Waals surface area contributed by atoms with E-state index in [0.29, 0.717) is 21.8 Å². The van der Waals surface area contributed by atoms with Crippen LogP contribution in [0.5, 0.6) is 0 Å². The Hall–Kier alpha value is -2.99. The van der Waals surface area contributed by atoms with Gasteiger partial charge in [-0.2, -0.15) is 0 Å². The molecule has 1 heterocycles. The lowest BCUT2D eigenvalue weighted by atomic mass is 9.80. The molecule has 0 fully saturated rings. The number of carboxylic acids is 1. The van der Waals surface area contributed by atoms with Crippen molar-refractivity contribution >= 4 is 15.8 Å². The molecule has 0 unspecified atom stereocenters. The van der Waals surface area contributed by atoms with Crippen LogP contribution in [-0.4, -0.2) is 24.5 Å². The highest BCUT2D eigenvalue weighted by molar-refractivity contribution is 7.91. The number of hydrogen-bond donors (Lipinski definition) is 1. The third-order valence-corrected chi connectivity index (χ3v) is 7.86. The smallest absolute Gasteiger partial charge is 0.336 e. The van der Waals surface area contributed by atoms with Crippen LogP contribution in [0.4, 0.5) is 0 Å². The second-order valence-electron chi connectivity index (χ2n) is 8.14. The molecule has 0 radical (unpaired) electrons. The van der Waals surface area contributed by atoms with Crippen LogP contribution in [0.25, 0.3) is 0 Å². The molecule has 3 aromatic rings. The van der Waals surface area contributed by atoms with Gasteiger partial charge in [-0.25, -0.2) is 13.2 Å². The quantitative estimate of drug-likeness (QED) is 0.591. The Morgan fingerprint density at radius 3 is 2.58 bits per heavy atom. The fourth-order valence-corrected chi connectivity index (χ4v) is 5.69. The lowest BCUT2D eigenvalue weighted by Gasteiger charge is -2.26. The molecule has 160 valence electrons. The zero-order valence-corrected chi connectivity index (χ0v) is 18.2. The number of aryl methyl sites for hydroxylation is 3. The molecule has 5 nitrogen and oxygen atoms in total. The number of nitrogens with zero attached hydrogens (tertiary/aromatic N) is 1. The minimum absolute atomic E-state index is 0.279.